The number of carbonyl (C=O) groups is 1. The first-order valence-corrected chi connectivity index (χ1v) is 5.34. The summed E-state index contributed by atoms with van der Waals surface area (Å²) in [7, 11) is 0. The summed E-state index contributed by atoms with van der Waals surface area (Å²) in [6, 6.07) is 0. The lowest BCUT2D eigenvalue weighted by Crippen LogP contribution is -2.04. The molecule has 1 atom stereocenters. The van der Waals surface area contributed by atoms with Crippen molar-refractivity contribution in [2.75, 3.05) is 0 Å². The zero-order valence-electron chi connectivity index (χ0n) is 8.14. The molecule has 0 bridgehead atoms. The van der Waals surface area contributed by atoms with E-state index in [9.17, 15) is 4.79 Å². The van der Waals surface area contributed by atoms with E-state index in [1.165, 1.54) is 32.1 Å². The highest BCUT2D eigenvalue weighted by molar-refractivity contribution is 5.78. The van der Waals surface area contributed by atoms with Gasteiger partial charge in [-0.05, 0) is 12.3 Å². The van der Waals surface area contributed by atoms with Gasteiger partial charge in [0.2, 0.25) is 0 Å². The van der Waals surface area contributed by atoms with Gasteiger partial charge >= 0.3 is 0 Å². The largest absolute Gasteiger partial charge is 0.300 e. The minimum atomic E-state index is 0.508. The van der Waals surface area contributed by atoms with Gasteiger partial charge in [-0.25, -0.2) is 0 Å². The van der Waals surface area contributed by atoms with E-state index in [1.807, 2.05) is 0 Å². The molecule has 1 aliphatic rings. The van der Waals surface area contributed by atoms with Crippen LogP contribution < -0.4 is 0 Å². The fourth-order valence-electron chi connectivity index (χ4n) is 2.02. The minimum absolute atomic E-state index is 0.508. The van der Waals surface area contributed by atoms with Gasteiger partial charge in [-0.2, -0.15) is 0 Å². The van der Waals surface area contributed by atoms with Gasteiger partial charge in [0.25, 0.3) is 0 Å². The standard InChI is InChI=1S/C11H20O/c1-2-3-6-10-7-4-5-8-11(12)9-10/h10H,2-9H2,1H3/t10-/m1/s1. The quantitative estimate of drug-likeness (QED) is 0.591. The summed E-state index contributed by atoms with van der Waals surface area (Å²) in [5, 5.41) is 0. The average molecular weight is 168 g/mol. The summed E-state index contributed by atoms with van der Waals surface area (Å²) in [5.74, 6) is 1.23. The predicted octanol–water partition coefficient (Wildman–Crippen LogP) is 3.33. The average Bonchev–Trinajstić information content (AvgIpc) is 2.26. The first-order valence-electron chi connectivity index (χ1n) is 5.34. The Hall–Kier alpha value is -0.330. The predicted molar refractivity (Wildman–Crippen MR) is 51.1 cm³/mol. The summed E-state index contributed by atoms with van der Waals surface area (Å²) in [4.78, 5) is 11.3. The summed E-state index contributed by atoms with van der Waals surface area (Å²) in [5.41, 5.74) is 0. The van der Waals surface area contributed by atoms with Gasteiger partial charge in [0, 0.05) is 12.8 Å². The molecule has 0 amide bonds. The van der Waals surface area contributed by atoms with Crippen LogP contribution in [-0.4, -0.2) is 5.78 Å². The number of rotatable bonds is 3. The van der Waals surface area contributed by atoms with E-state index in [2.05, 4.69) is 6.92 Å². The highest BCUT2D eigenvalue weighted by atomic mass is 16.1. The van der Waals surface area contributed by atoms with Crippen LogP contribution in [0.2, 0.25) is 0 Å². The van der Waals surface area contributed by atoms with Crippen LogP contribution in [0.1, 0.15) is 58.3 Å². The minimum Gasteiger partial charge on any atom is -0.300 e. The molecule has 1 fully saturated rings. The van der Waals surface area contributed by atoms with Crippen molar-refractivity contribution in [2.24, 2.45) is 5.92 Å². The molecule has 0 aromatic carbocycles. The van der Waals surface area contributed by atoms with E-state index in [0.29, 0.717) is 5.78 Å². The lowest BCUT2D eigenvalue weighted by molar-refractivity contribution is -0.119. The fourth-order valence-corrected chi connectivity index (χ4v) is 2.02. The molecule has 1 heteroatoms. The monoisotopic (exact) mass is 168 g/mol. The SMILES string of the molecule is CCCC[C@@H]1CCCCC(=O)C1. The third-order valence-corrected chi connectivity index (χ3v) is 2.80. The van der Waals surface area contributed by atoms with Crippen molar-refractivity contribution < 1.29 is 4.79 Å². The zero-order chi connectivity index (χ0) is 8.81. The van der Waals surface area contributed by atoms with Crippen molar-refractivity contribution >= 4 is 5.78 Å². The van der Waals surface area contributed by atoms with Crippen molar-refractivity contribution in [1.82, 2.24) is 0 Å². The Morgan fingerprint density at radius 2 is 2.25 bits per heavy atom. The Morgan fingerprint density at radius 1 is 1.42 bits per heavy atom. The second kappa shape index (κ2) is 5.34. The molecule has 0 heterocycles. The van der Waals surface area contributed by atoms with Crippen LogP contribution in [-0.2, 0) is 4.79 Å². The topological polar surface area (TPSA) is 17.1 Å². The Balaban J connectivity index is 2.26. The lowest BCUT2D eigenvalue weighted by Gasteiger charge is -2.11. The van der Waals surface area contributed by atoms with Crippen LogP contribution in [0.5, 0.6) is 0 Å². The number of unbranched alkanes of at least 4 members (excludes halogenated alkanes) is 1. The first kappa shape index (κ1) is 9.76. The van der Waals surface area contributed by atoms with Gasteiger partial charge < -0.3 is 0 Å². The molecule has 12 heavy (non-hydrogen) atoms. The highest BCUT2D eigenvalue weighted by Gasteiger charge is 2.16. The molecule has 1 rings (SSSR count). The van der Waals surface area contributed by atoms with Gasteiger partial charge in [-0.15, -0.1) is 0 Å². The molecule has 1 saturated carbocycles. The number of carbonyl (C=O) groups excluding carboxylic acids is 1. The Kier molecular flexibility index (Phi) is 4.34. The second-order valence-electron chi connectivity index (χ2n) is 4.00. The third-order valence-electron chi connectivity index (χ3n) is 2.80. The van der Waals surface area contributed by atoms with Crippen molar-refractivity contribution in [3.05, 3.63) is 0 Å². The van der Waals surface area contributed by atoms with Crippen LogP contribution in [0.15, 0.2) is 0 Å². The first-order chi connectivity index (χ1) is 5.83. The molecule has 0 aromatic rings. The van der Waals surface area contributed by atoms with Crippen LogP contribution in [0.25, 0.3) is 0 Å². The molecule has 70 valence electrons. The van der Waals surface area contributed by atoms with Gasteiger partial charge in [0.05, 0.1) is 0 Å². The summed E-state index contributed by atoms with van der Waals surface area (Å²) in [6.07, 6.45) is 9.29. The summed E-state index contributed by atoms with van der Waals surface area (Å²) >= 11 is 0. The zero-order valence-corrected chi connectivity index (χ0v) is 8.14. The molecule has 0 unspecified atom stereocenters. The van der Waals surface area contributed by atoms with Crippen LogP contribution in [0.4, 0.5) is 0 Å². The molecular weight excluding hydrogens is 148 g/mol. The number of Topliss-reactive ketones (excluding diaryl/α,β-unsaturated/α-hetero) is 1. The lowest BCUT2D eigenvalue weighted by atomic mass is 9.94. The van der Waals surface area contributed by atoms with Crippen LogP contribution in [0, 0.1) is 5.92 Å². The van der Waals surface area contributed by atoms with Crippen LogP contribution in [0.3, 0.4) is 0 Å². The number of hydrogen-bond acceptors (Lipinski definition) is 1. The van der Waals surface area contributed by atoms with E-state index in [0.717, 1.165) is 25.2 Å². The van der Waals surface area contributed by atoms with Gasteiger partial charge in [0.15, 0.2) is 0 Å². The number of hydrogen-bond donors (Lipinski definition) is 0. The molecule has 1 aliphatic carbocycles. The summed E-state index contributed by atoms with van der Waals surface area (Å²) in [6.45, 7) is 2.22. The third kappa shape index (κ3) is 3.38. The Morgan fingerprint density at radius 3 is 3.00 bits per heavy atom. The van der Waals surface area contributed by atoms with Crippen molar-refractivity contribution in [3.63, 3.8) is 0 Å². The molecule has 0 aliphatic heterocycles. The van der Waals surface area contributed by atoms with Crippen molar-refractivity contribution in [2.45, 2.75) is 58.3 Å². The highest BCUT2D eigenvalue weighted by Crippen LogP contribution is 2.24. The molecule has 0 spiro atoms. The molecule has 0 N–H and O–H groups in total. The maximum atomic E-state index is 11.3. The number of ketones is 1. The molecule has 0 saturated heterocycles. The van der Waals surface area contributed by atoms with E-state index >= 15 is 0 Å². The maximum absolute atomic E-state index is 11.3. The van der Waals surface area contributed by atoms with E-state index < -0.39 is 0 Å². The van der Waals surface area contributed by atoms with E-state index in [4.69, 9.17) is 0 Å². The van der Waals surface area contributed by atoms with Crippen molar-refractivity contribution in [3.8, 4) is 0 Å². The maximum Gasteiger partial charge on any atom is 0.133 e. The molecule has 0 radical (unpaired) electrons. The van der Waals surface area contributed by atoms with Gasteiger partial charge in [-0.1, -0.05) is 39.0 Å². The van der Waals surface area contributed by atoms with Crippen LogP contribution >= 0.6 is 0 Å². The second-order valence-corrected chi connectivity index (χ2v) is 4.00. The molecular formula is C11H20O. The van der Waals surface area contributed by atoms with Gasteiger partial charge in [0.1, 0.15) is 5.78 Å². The van der Waals surface area contributed by atoms with Crippen molar-refractivity contribution in [1.29, 1.82) is 0 Å². The smallest absolute Gasteiger partial charge is 0.133 e. The van der Waals surface area contributed by atoms with Gasteiger partial charge in [-0.3, -0.25) is 4.79 Å². The Labute approximate surface area is 75.5 Å². The Bertz CT molecular complexity index is 140. The summed E-state index contributed by atoms with van der Waals surface area (Å²) < 4.78 is 0. The molecule has 1 nitrogen and oxygen atoms in total. The van der Waals surface area contributed by atoms with E-state index in [-0.39, 0.29) is 0 Å². The fraction of sp³-hybridized carbons (Fsp3) is 0.909. The normalized spacial score (nSPS) is 25.4. The van der Waals surface area contributed by atoms with E-state index in [1.54, 1.807) is 0 Å². The molecule has 0 aromatic heterocycles.